The van der Waals surface area contributed by atoms with E-state index < -0.39 is 0 Å². The summed E-state index contributed by atoms with van der Waals surface area (Å²) < 4.78 is 0. The molecule has 0 aromatic heterocycles. The molecule has 1 aliphatic carbocycles. The third-order valence-electron chi connectivity index (χ3n) is 2.53. The molecular formula is C12H19NO. The Hall–Kier alpha value is -1.05. The lowest BCUT2D eigenvalue weighted by molar-refractivity contribution is -0.120. The molecule has 2 heteroatoms. The summed E-state index contributed by atoms with van der Waals surface area (Å²) in [6, 6.07) is 0. The van der Waals surface area contributed by atoms with E-state index in [4.69, 9.17) is 0 Å². The fourth-order valence-electron chi connectivity index (χ4n) is 1.67. The van der Waals surface area contributed by atoms with Crippen molar-refractivity contribution in [1.82, 2.24) is 5.32 Å². The lowest BCUT2D eigenvalue weighted by atomic mass is 9.87. The number of carbonyl (C=O) groups excluding carboxylic acids is 1. The minimum Gasteiger partial charge on any atom is -0.347 e. The Morgan fingerprint density at radius 1 is 1.57 bits per heavy atom. The predicted molar refractivity (Wildman–Crippen MR) is 58.9 cm³/mol. The van der Waals surface area contributed by atoms with Crippen LogP contribution in [-0.4, -0.2) is 11.4 Å². The Labute approximate surface area is 86.1 Å². The summed E-state index contributed by atoms with van der Waals surface area (Å²) in [5.41, 5.74) is 1.16. The molecule has 14 heavy (non-hydrogen) atoms. The molecule has 0 heterocycles. The predicted octanol–water partition coefficient (Wildman–Crippen LogP) is 2.42. The average molecular weight is 193 g/mol. The Bertz CT molecular complexity index is 289. The summed E-state index contributed by atoms with van der Waals surface area (Å²) in [5.74, 6) is 0.590. The molecule has 0 spiro atoms. The summed E-state index contributed by atoms with van der Waals surface area (Å²) in [6.45, 7) is 7.95. The second-order valence-corrected chi connectivity index (χ2v) is 4.49. The van der Waals surface area contributed by atoms with E-state index in [1.165, 1.54) is 5.57 Å². The van der Waals surface area contributed by atoms with Crippen molar-refractivity contribution < 1.29 is 4.79 Å². The Balaban J connectivity index is 2.67. The van der Waals surface area contributed by atoms with Gasteiger partial charge in [-0.25, -0.2) is 0 Å². The second kappa shape index (κ2) is 3.99. The van der Waals surface area contributed by atoms with E-state index in [0.717, 1.165) is 6.42 Å². The normalized spacial score (nSPS) is 26.2. The van der Waals surface area contributed by atoms with Gasteiger partial charge in [-0.2, -0.15) is 0 Å². The van der Waals surface area contributed by atoms with Gasteiger partial charge >= 0.3 is 0 Å². The minimum absolute atomic E-state index is 0.0264. The summed E-state index contributed by atoms with van der Waals surface area (Å²) >= 11 is 0. The van der Waals surface area contributed by atoms with Gasteiger partial charge in [-0.1, -0.05) is 32.1 Å². The highest BCUT2D eigenvalue weighted by atomic mass is 16.1. The molecule has 78 valence electrons. The van der Waals surface area contributed by atoms with Gasteiger partial charge in [0.15, 0.2) is 0 Å². The Morgan fingerprint density at radius 3 is 2.57 bits per heavy atom. The topological polar surface area (TPSA) is 29.1 Å². The van der Waals surface area contributed by atoms with E-state index in [-0.39, 0.29) is 11.4 Å². The summed E-state index contributed by atoms with van der Waals surface area (Å²) in [7, 11) is 0. The third-order valence-corrected chi connectivity index (χ3v) is 2.53. The lowest BCUT2D eigenvalue weighted by Crippen LogP contribution is -2.43. The van der Waals surface area contributed by atoms with Crippen molar-refractivity contribution in [3.63, 3.8) is 0 Å². The van der Waals surface area contributed by atoms with Crippen LogP contribution < -0.4 is 5.32 Å². The highest BCUT2D eigenvalue weighted by molar-refractivity contribution is 5.74. The lowest BCUT2D eigenvalue weighted by Gasteiger charge is -2.29. The quantitative estimate of drug-likeness (QED) is 0.717. The number of carbonyl (C=O) groups is 1. The number of hydrogen-bond acceptors (Lipinski definition) is 1. The van der Waals surface area contributed by atoms with Crippen LogP contribution in [0.3, 0.4) is 0 Å². The molecule has 2 nitrogen and oxygen atoms in total. The van der Waals surface area contributed by atoms with Crippen LogP contribution >= 0.6 is 0 Å². The van der Waals surface area contributed by atoms with Gasteiger partial charge < -0.3 is 5.32 Å². The number of allylic oxidation sites excluding steroid dienone is 2. The fourth-order valence-corrected chi connectivity index (χ4v) is 1.67. The van der Waals surface area contributed by atoms with Crippen LogP contribution in [-0.2, 0) is 4.79 Å². The van der Waals surface area contributed by atoms with E-state index in [0.29, 0.717) is 5.92 Å². The van der Waals surface area contributed by atoms with Gasteiger partial charge in [-0.05, 0) is 24.8 Å². The van der Waals surface area contributed by atoms with Crippen molar-refractivity contribution in [3.05, 3.63) is 23.8 Å². The van der Waals surface area contributed by atoms with Crippen molar-refractivity contribution in [2.24, 2.45) is 5.92 Å². The average Bonchev–Trinajstić information content (AvgIpc) is 2.02. The van der Waals surface area contributed by atoms with Gasteiger partial charge in [-0.3, -0.25) is 4.79 Å². The zero-order valence-electron chi connectivity index (χ0n) is 9.42. The van der Waals surface area contributed by atoms with Gasteiger partial charge in [0.25, 0.3) is 0 Å². The monoisotopic (exact) mass is 193 g/mol. The smallest absolute Gasteiger partial charge is 0.217 e. The van der Waals surface area contributed by atoms with Crippen LogP contribution in [0.4, 0.5) is 0 Å². The van der Waals surface area contributed by atoms with Gasteiger partial charge in [0.05, 0.1) is 5.54 Å². The summed E-state index contributed by atoms with van der Waals surface area (Å²) in [6.07, 6.45) is 7.30. The minimum atomic E-state index is -0.190. The molecule has 0 saturated heterocycles. The SMILES string of the molecule is CC(=O)NC1(C)C=CC(C(C)C)=CC1. The number of hydrogen-bond donors (Lipinski definition) is 1. The van der Waals surface area contributed by atoms with E-state index in [2.05, 4.69) is 37.4 Å². The first-order chi connectivity index (χ1) is 6.43. The van der Waals surface area contributed by atoms with Gasteiger partial charge in [-0.15, -0.1) is 0 Å². The van der Waals surface area contributed by atoms with Crippen molar-refractivity contribution in [2.75, 3.05) is 0 Å². The molecule has 1 amide bonds. The molecule has 1 atom stereocenters. The van der Waals surface area contributed by atoms with Crippen molar-refractivity contribution in [1.29, 1.82) is 0 Å². The van der Waals surface area contributed by atoms with E-state index in [1.54, 1.807) is 6.92 Å². The zero-order chi connectivity index (χ0) is 10.8. The largest absolute Gasteiger partial charge is 0.347 e. The molecule has 0 radical (unpaired) electrons. The van der Waals surface area contributed by atoms with Crippen LogP contribution in [0.25, 0.3) is 0 Å². The molecule has 0 aliphatic heterocycles. The maximum Gasteiger partial charge on any atom is 0.217 e. The highest BCUT2D eigenvalue weighted by Crippen LogP contribution is 2.24. The van der Waals surface area contributed by atoms with Crippen molar-refractivity contribution >= 4 is 5.91 Å². The molecular weight excluding hydrogens is 174 g/mol. The van der Waals surface area contributed by atoms with Crippen LogP contribution in [0, 0.1) is 5.92 Å². The van der Waals surface area contributed by atoms with Crippen LogP contribution in [0.15, 0.2) is 23.8 Å². The van der Waals surface area contributed by atoms with E-state index in [9.17, 15) is 4.79 Å². The van der Waals surface area contributed by atoms with E-state index in [1.807, 2.05) is 6.92 Å². The van der Waals surface area contributed by atoms with Crippen LogP contribution in [0.2, 0.25) is 0 Å². The molecule has 1 aliphatic rings. The van der Waals surface area contributed by atoms with Gasteiger partial charge in [0.2, 0.25) is 5.91 Å². The molecule has 0 fully saturated rings. The standard InChI is InChI=1S/C12H19NO/c1-9(2)11-5-7-12(4,8-6-11)13-10(3)14/h5-7,9H,8H2,1-4H3,(H,13,14). The molecule has 0 aromatic carbocycles. The van der Waals surface area contributed by atoms with Gasteiger partial charge in [0, 0.05) is 6.92 Å². The molecule has 1 rings (SSSR count). The number of nitrogens with one attached hydrogen (secondary N) is 1. The first-order valence-corrected chi connectivity index (χ1v) is 5.11. The third kappa shape index (κ3) is 2.72. The van der Waals surface area contributed by atoms with Crippen LogP contribution in [0.5, 0.6) is 0 Å². The first kappa shape index (κ1) is 11.0. The van der Waals surface area contributed by atoms with Gasteiger partial charge in [0.1, 0.15) is 0 Å². The first-order valence-electron chi connectivity index (χ1n) is 5.11. The van der Waals surface area contributed by atoms with Crippen molar-refractivity contribution in [2.45, 2.75) is 39.7 Å². The van der Waals surface area contributed by atoms with E-state index >= 15 is 0 Å². The maximum absolute atomic E-state index is 11.0. The van der Waals surface area contributed by atoms with Crippen molar-refractivity contribution in [3.8, 4) is 0 Å². The number of amides is 1. The molecule has 1 N–H and O–H groups in total. The second-order valence-electron chi connectivity index (χ2n) is 4.49. The molecule has 0 bridgehead atoms. The summed E-state index contributed by atoms with van der Waals surface area (Å²) in [4.78, 5) is 11.0. The highest BCUT2D eigenvalue weighted by Gasteiger charge is 2.23. The molecule has 0 aromatic rings. The fraction of sp³-hybridized carbons (Fsp3) is 0.583. The zero-order valence-corrected chi connectivity index (χ0v) is 9.42. The van der Waals surface area contributed by atoms with Crippen LogP contribution in [0.1, 0.15) is 34.1 Å². The maximum atomic E-state index is 11.0. The molecule has 0 saturated carbocycles. The molecule has 1 unspecified atom stereocenters. The number of rotatable bonds is 2. The summed E-state index contributed by atoms with van der Waals surface area (Å²) in [5, 5.41) is 2.95. The Kier molecular flexibility index (Phi) is 3.14. The Morgan fingerprint density at radius 2 is 2.21 bits per heavy atom.